The second-order valence-corrected chi connectivity index (χ2v) is 6.19. The molecule has 1 atom stereocenters. The Morgan fingerprint density at radius 1 is 1.33 bits per heavy atom. The summed E-state index contributed by atoms with van der Waals surface area (Å²) >= 11 is 0. The summed E-state index contributed by atoms with van der Waals surface area (Å²) in [6.07, 6.45) is 2.97. The van der Waals surface area contributed by atoms with Gasteiger partial charge in [0.1, 0.15) is 17.2 Å². The molecule has 0 bridgehead atoms. The number of ether oxygens (including phenoxy) is 1. The van der Waals surface area contributed by atoms with E-state index in [2.05, 4.69) is 13.8 Å². The molecule has 0 saturated heterocycles. The first kappa shape index (κ1) is 12.0. The molecule has 3 rings (SSSR count). The van der Waals surface area contributed by atoms with E-state index < -0.39 is 0 Å². The highest BCUT2D eigenvalue weighted by Crippen LogP contribution is 2.52. The zero-order valence-corrected chi connectivity index (χ0v) is 10.9. The van der Waals surface area contributed by atoms with Gasteiger partial charge in [0, 0.05) is 18.0 Å². The standard InChI is InChI=1S/C15H20FNO/c1-9(2)10-6-15(7-10)8-13(17)12-5-11(16)3-4-14(12)18-15/h3-5,9-10,13H,6-8,17H2,1-2H3/t10?,13-,15?/m0/s1. The predicted molar refractivity (Wildman–Crippen MR) is 68.9 cm³/mol. The topological polar surface area (TPSA) is 35.2 Å². The van der Waals surface area contributed by atoms with Crippen molar-refractivity contribution in [1.29, 1.82) is 0 Å². The highest BCUT2D eigenvalue weighted by Gasteiger charge is 2.50. The SMILES string of the molecule is CC(C)C1CC2(C1)C[C@H](N)c1cc(F)ccc1O2. The number of hydrogen-bond acceptors (Lipinski definition) is 2. The van der Waals surface area contributed by atoms with E-state index in [1.165, 1.54) is 12.1 Å². The summed E-state index contributed by atoms with van der Waals surface area (Å²) in [6, 6.07) is 4.57. The van der Waals surface area contributed by atoms with E-state index in [9.17, 15) is 4.39 Å². The molecule has 2 N–H and O–H groups in total. The molecule has 1 aromatic carbocycles. The predicted octanol–water partition coefficient (Wildman–Crippen LogP) is 3.41. The molecule has 0 unspecified atom stereocenters. The van der Waals surface area contributed by atoms with Gasteiger partial charge in [-0.1, -0.05) is 13.8 Å². The van der Waals surface area contributed by atoms with Crippen molar-refractivity contribution in [3.8, 4) is 5.75 Å². The van der Waals surface area contributed by atoms with Gasteiger partial charge in [0.15, 0.2) is 0 Å². The first-order valence-electron chi connectivity index (χ1n) is 6.73. The number of fused-ring (bicyclic) bond motifs is 1. The molecule has 1 fully saturated rings. The fourth-order valence-electron chi connectivity index (χ4n) is 3.30. The van der Waals surface area contributed by atoms with Crippen molar-refractivity contribution in [1.82, 2.24) is 0 Å². The molecule has 1 saturated carbocycles. The average molecular weight is 249 g/mol. The second-order valence-electron chi connectivity index (χ2n) is 6.19. The van der Waals surface area contributed by atoms with Gasteiger partial charge >= 0.3 is 0 Å². The number of hydrogen-bond donors (Lipinski definition) is 1. The summed E-state index contributed by atoms with van der Waals surface area (Å²) < 4.78 is 19.3. The van der Waals surface area contributed by atoms with E-state index in [0.29, 0.717) is 5.92 Å². The zero-order chi connectivity index (χ0) is 12.9. The fraction of sp³-hybridized carbons (Fsp3) is 0.600. The van der Waals surface area contributed by atoms with E-state index in [-0.39, 0.29) is 17.5 Å². The monoisotopic (exact) mass is 249 g/mol. The Labute approximate surface area is 107 Å². The molecule has 98 valence electrons. The van der Waals surface area contributed by atoms with E-state index >= 15 is 0 Å². The molecule has 0 radical (unpaired) electrons. The minimum atomic E-state index is -0.239. The lowest BCUT2D eigenvalue weighted by Gasteiger charge is -2.52. The van der Waals surface area contributed by atoms with Gasteiger partial charge in [-0.2, -0.15) is 0 Å². The van der Waals surface area contributed by atoms with Gasteiger partial charge in [-0.3, -0.25) is 0 Å². The van der Waals surface area contributed by atoms with Crippen LogP contribution >= 0.6 is 0 Å². The minimum Gasteiger partial charge on any atom is -0.487 e. The first-order valence-corrected chi connectivity index (χ1v) is 6.73. The van der Waals surface area contributed by atoms with Crippen LogP contribution in [0.4, 0.5) is 4.39 Å². The van der Waals surface area contributed by atoms with Crippen LogP contribution in [0.25, 0.3) is 0 Å². The summed E-state index contributed by atoms with van der Waals surface area (Å²) in [5.74, 6) is 1.97. The number of halogens is 1. The summed E-state index contributed by atoms with van der Waals surface area (Å²) in [7, 11) is 0. The van der Waals surface area contributed by atoms with E-state index in [0.717, 1.165) is 36.5 Å². The van der Waals surface area contributed by atoms with Crippen molar-refractivity contribution < 1.29 is 9.13 Å². The van der Waals surface area contributed by atoms with E-state index in [1.807, 2.05) is 0 Å². The lowest BCUT2D eigenvalue weighted by atomic mass is 9.62. The highest BCUT2D eigenvalue weighted by atomic mass is 19.1. The summed E-state index contributed by atoms with van der Waals surface area (Å²) in [6.45, 7) is 4.51. The van der Waals surface area contributed by atoms with Crippen LogP contribution in [0.5, 0.6) is 5.75 Å². The Kier molecular flexibility index (Phi) is 2.63. The maximum absolute atomic E-state index is 13.2. The molecule has 1 spiro atoms. The summed E-state index contributed by atoms with van der Waals surface area (Å²) in [4.78, 5) is 0. The zero-order valence-electron chi connectivity index (χ0n) is 10.9. The summed E-state index contributed by atoms with van der Waals surface area (Å²) in [5.41, 5.74) is 6.90. The number of nitrogens with two attached hydrogens (primary N) is 1. The molecule has 0 amide bonds. The van der Waals surface area contributed by atoms with Crippen molar-refractivity contribution >= 4 is 0 Å². The Morgan fingerprint density at radius 3 is 2.72 bits per heavy atom. The third kappa shape index (κ3) is 1.81. The van der Waals surface area contributed by atoms with Crippen LogP contribution < -0.4 is 10.5 Å². The van der Waals surface area contributed by atoms with Gasteiger partial charge < -0.3 is 10.5 Å². The molecule has 18 heavy (non-hydrogen) atoms. The third-order valence-corrected chi connectivity index (χ3v) is 4.50. The molecule has 1 aliphatic heterocycles. The van der Waals surface area contributed by atoms with Gasteiger partial charge in [-0.25, -0.2) is 4.39 Å². The largest absolute Gasteiger partial charge is 0.487 e. The van der Waals surface area contributed by atoms with Crippen LogP contribution in [0.15, 0.2) is 18.2 Å². The highest BCUT2D eigenvalue weighted by molar-refractivity contribution is 5.39. The number of benzene rings is 1. The molecule has 3 heteroatoms. The van der Waals surface area contributed by atoms with Gasteiger partial charge in [0.2, 0.25) is 0 Å². The van der Waals surface area contributed by atoms with Crippen molar-refractivity contribution in [2.75, 3.05) is 0 Å². The van der Waals surface area contributed by atoms with Crippen molar-refractivity contribution in [3.63, 3.8) is 0 Å². The molecule has 2 nitrogen and oxygen atoms in total. The van der Waals surface area contributed by atoms with Crippen molar-refractivity contribution in [2.45, 2.75) is 44.8 Å². The van der Waals surface area contributed by atoms with Crippen LogP contribution in [-0.4, -0.2) is 5.60 Å². The van der Waals surface area contributed by atoms with Crippen molar-refractivity contribution in [3.05, 3.63) is 29.6 Å². The molecule has 1 aromatic rings. The maximum Gasteiger partial charge on any atom is 0.125 e. The quantitative estimate of drug-likeness (QED) is 0.827. The van der Waals surface area contributed by atoms with Gasteiger partial charge in [-0.15, -0.1) is 0 Å². The Balaban J connectivity index is 1.83. The van der Waals surface area contributed by atoms with Crippen LogP contribution in [0.2, 0.25) is 0 Å². The van der Waals surface area contributed by atoms with Crippen LogP contribution in [0.1, 0.15) is 44.7 Å². The summed E-state index contributed by atoms with van der Waals surface area (Å²) in [5, 5.41) is 0. The molecule has 2 aliphatic rings. The number of rotatable bonds is 1. The Hall–Kier alpha value is -1.09. The molecule has 1 aliphatic carbocycles. The normalized spacial score (nSPS) is 34.1. The Bertz CT molecular complexity index is 466. The fourth-order valence-corrected chi connectivity index (χ4v) is 3.30. The molecular weight excluding hydrogens is 229 g/mol. The molecular formula is C15H20FNO. The average Bonchev–Trinajstić information content (AvgIpc) is 2.26. The lowest BCUT2D eigenvalue weighted by molar-refractivity contribution is -0.0846. The van der Waals surface area contributed by atoms with Crippen molar-refractivity contribution in [2.24, 2.45) is 17.6 Å². The van der Waals surface area contributed by atoms with Crippen LogP contribution in [0, 0.1) is 17.7 Å². The van der Waals surface area contributed by atoms with Gasteiger partial charge in [0.25, 0.3) is 0 Å². The van der Waals surface area contributed by atoms with E-state index in [4.69, 9.17) is 10.5 Å². The lowest BCUT2D eigenvalue weighted by Crippen LogP contribution is -2.54. The Morgan fingerprint density at radius 2 is 2.06 bits per heavy atom. The third-order valence-electron chi connectivity index (χ3n) is 4.50. The smallest absolute Gasteiger partial charge is 0.125 e. The van der Waals surface area contributed by atoms with Crippen LogP contribution in [-0.2, 0) is 0 Å². The molecule has 1 heterocycles. The van der Waals surface area contributed by atoms with Gasteiger partial charge in [-0.05, 0) is 42.9 Å². The van der Waals surface area contributed by atoms with E-state index in [1.54, 1.807) is 6.07 Å². The molecule has 0 aromatic heterocycles. The minimum absolute atomic E-state index is 0.0841. The van der Waals surface area contributed by atoms with Crippen LogP contribution in [0.3, 0.4) is 0 Å². The van der Waals surface area contributed by atoms with Gasteiger partial charge in [0.05, 0.1) is 0 Å². The maximum atomic E-state index is 13.2. The first-order chi connectivity index (χ1) is 8.49. The second kappa shape index (κ2) is 3.95.